The molecular weight excluding hydrogens is 310 g/mol. The lowest BCUT2D eigenvalue weighted by Crippen LogP contribution is -2.43. The molecule has 0 rings (SSSR count). The molecule has 0 saturated carbocycles. The molecule has 0 bridgehead atoms. The van der Waals surface area contributed by atoms with Crippen LogP contribution in [0.1, 0.15) is 67.2 Å². The number of carbonyl (C=O) groups is 3. The van der Waals surface area contributed by atoms with Gasteiger partial charge in [-0.25, -0.2) is 0 Å². The molecule has 1 unspecified atom stereocenters. The topological polar surface area (TPSA) is 92.7 Å². The van der Waals surface area contributed by atoms with Gasteiger partial charge in [0, 0.05) is 13.0 Å². The second-order valence-electron chi connectivity index (χ2n) is 7.91. The van der Waals surface area contributed by atoms with Crippen LogP contribution in [0.4, 0.5) is 0 Å². The van der Waals surface area contributed by atoms with Crippen molar-refractivity contribution in [2.45, 2.75) is 67.2 Å². The van der Waals surface area contributed by atoms with Gasteiger partial charge in [0.1, 0.15) is 0 Å². The standard InChI is InChI=1S/C18H33NO5/c1-13(2)12-18(6,17(3,4)5)16(23)24-11-7-10-19-14(20)8-9-15(21)22/h13H,7-12H2,1-6H3,(H,19,20)(H,21,22). The first-order valence-electron chi connectivity index (χ1n) is 8.56. The molecule has 6 nitrogen and oxygen atoms in total. The third-order valence-corrected chi connectivity index (χ3v) is 4.36. The van der Waals surface area contributed by atoms with Crippen LogP contribution in [-0.4, -0.2) is 36.1 Å². The average molecular weight is 343 g/mol. The maximum atomic E-state index is 12.5. The Bertz CT molecular complexity index is 439. The Morgan fingerprint density at radius 2 is 1.67 bits per heavy atom. The van der Waals surface area contributed by atoms with Gasteiger partial charge in [-0.05, 0) is 31.1 Å². The van der Waals surface area contributed by atoms with Gasteiger partial charge in [0.05, 0.1) is 18.4 Å². The van der Waals surface area contributed by atoms with Crippen molar-refractivity contribution in [3.63, 3.8) is 0 Å². The zero-order valence-electron chi connectivity index (χ0n) is 15.9. The zero-order valence-corrected chi connectivity index (χ0v) is 15.9. The summed E-state index contributed by atoms with van der Waals surface area (Å²) in [6.45, 7) is 12.8. The Balaban J connectivity index is 4.27. The molecule has 0 aliphatic carbocycles. The Hall–Kier alpha value is -1.59. The van der Waals surface area contributed by atoms with Crippen LogP contribution in [0.3, 0.4) is 0 Å². The summed E-state index contributed by atoms with van der Waals surface area (Å²) >= 11 is 0. The van der Waals surface area contributed by atoms with Gasteiger partial charge in [-0.2, -0.15) is 0 Å². The Kier molecular flexibility index (Phi) is 9.01. The van der Waals surface area contributed by atoms with Crippen molar-refractivity contribution < 1.29 is 24.2 Å². The SMILES string of the molecule is CC(C)CC(C)(C(=O)OCCCNC(=O)CCC(=O)O)C(C)(C)C. The summed E-state index contributed by atoms with van der Waals surface area (Å²) in [6, 6.07) is 0. The highest BCUT2D eigenvalue weighted by Crippen LogP contribution is 2.44. The van der Waals surface area contributed by atoms with Crippen LogP contribution >= 0.6 is 0 Å². The van der Waals surface area contributed by atoms with Crippen molar-refractivity contribution in [2.24, 2.45) is 16.7 Å². The van der Waals surface area contributed by atoms with Gasteiger partial charge in [0.2, 0.25) is 5.91 Å². The minimum atomic E-state index is -0.995. The average Bonchev–Trinajstić information content (AvgIpc) is 2.42. The van der Waals surface area contributed by atoms with E-state index in [1.54, 1.807) is 0 Å². The van der Waals surface area contributed by atoms with Crippen LogP contribution in [0.5, 0.6) is 0 Å². The number of esters is 1. The predicted octanol–water partition coefficient (Wildman–Crippen LogP) is 3.00. The van der Waals surface area contributed by atoms with Crippen molar-refractivity contribution in [1.82, 2.24) is 5.32 Å². The third kappa shape index (κ3) is 7.79. The van der Waals surface area contributed by atoms with Crippen LogP contribution in [0, 0.1) is 16.7 Å². The number of amides is 1. The summed E-state index contributed by atoms with van der Waals surface area (Å²) in [4.78, 5) is 34.3. The minimum absolute atomic E-state index is 0.0361. The second-order valence-corrected chi connectivity index (χ2v) is 7.91. The molecule has 6 heteroatoms. The smallest absolute Gasteiger partial charge is 0.312 e. The van der Waals surface area contributed by atoms with Crippen LogP contribution in [-0.2, 0) is 19.1 Å². The van der Waals surface area contributed by atoms with Crippen molar-refractivity contribution in [3.05, 3.63) is 0 Å². The van der Waals surface area contributed by atoms with Crippen LogP contribution in [0.25, 0.3) is 0 Å². The third-order valence-electron chi connectivity index (χ3n) is 4.36. The van der Waals surface area contributed by atoms with Gasteiger partial charge in [-0.15, -0.1) is 0 Å². The van der Waals surface area contributed by atoms with E-state index in [1.807, 2.05) is 27.7 Å². The van der Waals surface area contributed by atoms with E-state index >= 15 is 0 Å². The molecule has 140 valence electrons. The Morgan fingerprint density at radius 3 is 2.12 bits per heavy atom. The fourth-order valence-electron chi connectivity index (χ4n) is 2.45. The van der Waals surface area contributed by atoms with Crippen LogP contribution in [0.15, 0.2) is 0 Å². The Labute approximate surface area is 145 Å². The fraction of sp³-hybridized carbons (Fsp3) is 0.833. The number of ether oxygens (including phenoxy) is 1. The largest absolute Gasteiger partial charge is 0.481 e. The van der Waals surface area contributed by atoms with Gasteiger partial charge in [-0.3, -0.25) is 14.4 Å². The van der Waals surface area contributed by atoms with E-state index in [4.69, 9.17) is 9.84 Å². The predicted molar refractivity (Wildman–Crippen MR) is 92.5 cm³/mol. The number of aliphatic carboxylic acids is 1. The molecule has 0 aromatic rings. The van der Waals surface area contributed by atoms with E-state index < -0.39 is 11.4 Å². The molecule has 1 atom stereocenters. The quantitative estimate of drug-likeness (QED) is 0.470. The van der Waals surface area contributed by atoms with Crippen molar-refractivity contribution in [2.75, 3.05) is 13.2 Å². The minimum Gasteiger partial charge on any atom is -0.481 e. The van der Waals surface area contributed by atoms with Gasteiger partial charge in [0.15, 0.2) is 0 Å². The fourth-order valence-corrected chi connectivity index (χ4v) is 2.45. The molecule has 0 heterocycles. The number of hydrogen-bond acceptors (Lipinski definition) is 4. The maximum absolute atomic E-state index is 12.5. The highest BCUT2D eigenvalue weighted by Gasteiger charge is 2.45. The number of rotatable bonds is 10. The maximum Gasteiger partial charge on any atom is 0.312 e. The van der Waals surface area contributed by atoms with E-state index in [1.165, 1.54) is 0 Å². The van der Waals surface area contributed by atoms with Gasteiger partial charge in [0.25, 0.3) is 0 Å². The molecule has 24 heavy (non-hydrogen) atoms. The number of carbonyl (C=O) groups excluding carboxylic acids is 2. The van der Waals surface area contributed by atoms with Gasteiger partial charge >= 0.3 is 11.9 Å². The van der Waals surface area contributed by atoms with E-state index in [0.717, 1.165) is 6.42 Å². The highest BCUT2D eigenvalue weighted by atomic mass is 16.5. The van der Waals surface area contributed by atoms with Crippen molar-refractivity contribution >= 4 is 17.8 Å². The summed E-state index contributed by atoms with van der Waals surface area (Å²) in [7, 11) is 0. The summed E-state index contributed by atoms with van der Waals surface area (Å²) in [6.07, 6.45) is 1.04. The van der Waals surface area contributed by atoms with Gasteiger partial charge < -0.3 is 15.2 Å². The zero-order chi connectivity index (χ0) is 19.0. The first-order chi connectivity index (χ1) is 10.9. The summed E-state index contributed by atoms with van der Waals surface area (Å²) in [5.74, 6) is -1.12. The summed E-state index contributed by atoms with van der Waals surface area (Å²) in [5.41, 5.74) is -0.773. The summed E-state index contributed by atoms with van der Waals surface area (Å²) in [5, 5.41) is 11.1. The van der Waals surface area contributed by atoms with Crippen LogP contribution < -0.4 is 5.32 Å². The second kappa shape index (κ2) is 9.64. The van der Waals surface area contributed by atoms with E-state index in [9.17, 15) is 14.4 Å². The molecule has 0 fully saturated rings. The highest BCUT2D eigenvalue weighted by molar-refractivity contribution is 5.80. The first kappa shape index (κ1) is 22.4. The molecule has 0 spiro atoms. The Morgan fingerprint density at radius 1 is 1.08 bits per heavy atom. The van der Waals surface area contributed by atoms with Gasteiger partial charge in [-0.1, -0.05) is 34.6 Å². The number of hydrogen-bond donors (Lipinski definition) is 2. The monoisotopic (exact) mass is 343 g/mol. The molecule has 0 radical (unpaired) electrons. The number of carboxylic acids is 1. The van der Waals surface area contributed by atoms with Crippen molar-refractivity contribution in [1.29, 1.82) is 0 Å². The van der Waals surface area contributed by atoms with E-state index in [2.05, 4.69) is 19.2 Å². The molecular formula is C18H33NO5. The van der Waals surface area contributed by atoms with E-state index in [0.29, 0.717) is 18.9 Å². The van der Waals surface area contributed by atoms with E-state index in [-0.39, 0.29) is 36.7 Å². The molecule has 0 saturated heterocycles. The molecule has 0 aromatic carbocycles. The lowest BCUT2D eigenvalue weighted by atomic mass is 9.64. The number of nitrogens with one attached hydrogen (secondary N) is 1. The van der Waals surface area contributed by atoms with Crippen molar-refractivity contribution in [3.8, 4) is 0 Å². The molecule has 0 aliphatic rings. The molecule has 0 aliphatic heterocycles. The normalized spacial score (nSPS) is 14.1. The summed E-state index contributed by atoms with van der Waals surface area (Å²) < 4.78 is 5.43. The first-order valence-corrected chi connectivity index (χ1v) is 8.56. The number of carboxylic acid groups (broad SMARTS) is 1. The molecule has 0 aromatic heterocycles. The molecule has 1 amide bonds. The lowest BCUT2D eigenvalue weighted by molar-refractivity contribution is -0.163. The van der Waals surface area contributed by atoms with Crippen LogP contribution in [0.2, 0.25) is 0 Å². The molecule has 2 N–H and O–H groups in total. The lowest BCUT2D eigenvalue weighted by Gasteiger charge is -2.40.